The van der Waals surface area contributed by atoms with Crippen LogP contribution in [0.3, 0.4) is 0 Å². The lowest BCUT2D eigenvalue weighted by Gasteiger charge is -2.30. The van der Waals surface area contributed by atoms with Crippen molar-refractivity contribution in [1.82, 2.24) is 9.80 Å². The first-order valence-electron chi connectivity index (χ1n) is 7.52. The molecule has 0 aromatic heterocycles. The van der Waals surface area contributed by atoms with Gasteiger partial charge in [0.25, 0.3) is 0 Å². The summed E-state index contributed by atoms with van der Waals surface area (Å²) in [6, 6.07) is 3.39. The van der Waals surface area contributed by atoms with Crippen LogP contribution in [0.2, 0.25) is 0 Å². The van der Waals surface area contributed by atoms with E-state index in [4.69, 9.17) is 4.74 Å². The number of hydrogen-bond acceptors (Lipinski definition) is 3. The van der Waals surface area contributed by atoms with Crippen LogP contribution in [0.4, 0.5) is 8.78 Å². The zero-order valence-corrected chi connectivity index (χ0v) is 12.6. The van der Waals surface area contributed by atoms with E-state index in [-0.39, 0.29) is 29.9 Å². The van der Waals surface area contributed by atoms with Crippen LogP contribution in [0.25, 0.3) is 0 Å². The van der Waals surface area contributed by atoms with Crippen LogP contribution in [0, 0.1) is 17.6 Å². The highest BCUT2D eigenvalue weighted by molar-refractivity contribution is 5.79. The summed E-state index contributed by atoms with van der Waals surface area (Å²) in [4.78, 5) is 16.5. The van der Waals surface area contributed by atoms with Gasteiger partial charge in [0, 0.05) is 31.1 Å². The SMILES string of the molecule is CN1C[C@H]2COC[C@@H]1CN(C(=O)Cc1cc(F)ccc1F)C2. The molecule has 3 rings (SSSR count). The van der Waals surface area contributed by atoms with Gasteiger partial charge in [0.15, 0.2) is 0 Å². The molecule has 2 saturated heterocycles. The van der Waals surface area contributed by atoms with E-state index in [1.54, 1.807) is 4.90 Å². The van der Waals surface area contributed by atoms with Gasteiger partial charge in [-0.15, -0.1) is 0 Å². The highest BCUT2D eigenvalue weighted by atomic mass is 19.1. The van der Waals surface area contributed by atoms with E-state index < -0.39 is 11.6 Å². The van der Waals surface area contributed by atoms with Crippen LogP contribution in [0.1, 0.15) is 5.56 Å². The van der Waals surface area contributed by atoms with Gasteiger partial charge in [-0.25, -0.2) is 8.78 Å². The van der Waals surface area contributed by atoms with E-state index in [1.807, 2.05) is 7.05 Å². The van der Waals surface area contributed by atoms with E-state index in [0.717, 1.165) is 24.7 Å². The molecule has 0 N–H and O–H groups in total. The fraction of sp³-hybridized carbons (Fsp3) is 0.562. The molecule has 120 valence electrons. The van der Waals surface area contributed by atoms with Crippen LogP contribution in [0.15, 0.2) is 18.2 Å². The number of carbonyl (C=O) groups is 1. The summed E-state index contributed by atoms with van der Waals surface area (Å²) in [7, 11) is 2.03. The second-order valence-corrected chi connectivity index (χ2v) is 6.21. The van der Waals surface area contributed by atoms with Gasteiger partial charge in [0.2, 0.25) is 5.91 Å². The van der Waals surface area contributed by atoms with E-state index in [1.165, 1.54) is 0 Å². The highest BCUT2D eigenvalue weighted by Gasteiger charge is 2.33. The largest absolute Gasteiger partial charge is 0.379 e. The molecule has 22 heavy (non-hydrogen) atoms. The Morgan fingerprint density at radius 2 is 2.09 bits per heavy atom. The molecule has 1 aromatic rings. The number of ether oxygens (including phenoxy) is 1. The Balaban J connectivity index is 1.73. The molecule has 1 amide bonds. The van der Waals surface area contributed by atoms with Crippen LogP contribution in [0.5, 0.6) is 0 Å². The van der Waals surface area contributed by atoms with Crippen LogP contribution in [-0.4, -0.2) is 61.6 Å². The second kappa shape index (κ2) is 6.30. The molecule has 2 heterocycles. The smallest absolute Gasteiger partial charge is 0.227 e. The van der Waals surface area contributed by atoms with E-state index in [9.17, 15) is 13.6 Å². The van der Waals surface area contributed by atoms with Crippen molar-refractivity contribution < 1.29 is 18.3 Å². The zero-order chi connectivity index (χ0) is 15.7. The van der Waals surface area contributed by atoms with Gasteiger partial charge < -0.3 is 9.64 Å². The summed E-state index contributed by atoms with van der Waals surface area (Å²) in [6.07, 6.45) is -0.104. The first-order valence-corrected chi connectivity index (χ1v) is 7.52. The number of amides is 1. The van der Waals surface area contributed by atoms with Gasteiger partial charge >= 0.3 is 0 Å². The molecule has 2 aliphatic rings. The number of carbonyl (C=O) groups excluding carboxylic acids is 1. The minimum Gasteiger partial charge on any atom is -0.379 e. The average Bonchev–Trinajstić information content (AvgIpc) is 2.71. The number of fused-ring (bicyclic) bond motifs is 3. The molecule has 2 fully saturated rings. The predicted octanol–water partition coefficient (Wildman–Crippen LogP) is 1.30. The predicted molar refractivity (Wildman–Crippen MR) is 77.4 cm³/mol. The zero-order valence-electron chi connectivity index (χ0n) is 12.6. The van der Waals surface area contributed by atoms with E-state index in [0.29, 0.717) is 26.3 Å². The summed E-state index contributed by atoms with van der Waals surface area (Å²) in [5, 5.41) is 0. The summed E-state index contributed by atoms with van der Waals surface area (Å²) in [6.45, 7) is 3.31. The Morgan fingerprint density at radius 1 is 1.27 bits per heavy atom. The molecule has 0 unspecified atom stereocenters. The molecular weight excluding hydrogens is 290 g/mol. The monoisotopic (exact) mass is 310 g/mol. The molecule has 0 radical (unpaired) electrons. The first kappa shape index (κ1) is 15.4. The fourth-order valence-electron chi connectivity index (χ4n) is 3.21. The third-order valence-corrected chi connectivity index (χ3v) is 4.45. The van der Waals surface area contributed by atoms with Gasteiger partial charge in [-0.2, -0.15) is 0 Å². The molecule has 0 spiro atoms. The molecule has 2 bridgehead atoms. The molecule has 2 atom stereocenters. The molecule has 1 aromatic carbocycles. The summed E-state index contributed by atoms with van der Waals surface area (Å²) < 4.78 is 32.6. The van der Waals surface area contributed by atoms with E-state index in [2.05, 4.69) is 4.90 Å². The molecule has 0 saturated carbocycles. The van der Waals surface area contributed by atoms with Gasteiger partial charge in [0.1, 0.15) is 11.6 Å². The van der Waals surface area contributed by atoms with Crippen molar-refractivity contribution in [2.75, 3.05) is 39.9 Å². The topological polar surface area (TPSA) is 32.8 Å². The third-order valence-electron chi connectivity index (χ3n) is 4.45. The van der Waals surface area contributed by atoms with Gasteiger partial charge in [-0.05, 0) is 25.2 Å². The Hall–Kier alpha value is -1.53. The molecular formula is C16H20F2N2O2. The Labute approximate surface area is 128 Å². The lowest BCUT2D eigenvalue weighted by molar-refractivity contribution is -0.132. The third kappa shape index (κ3) is 3.28. The summed E-state index contributed by atoms with van der Waals surface area (Å²) in [5.74, 6) is -0.953. The van der Waals surface area contributed by atoms with Gasteiger partial charge in [0.05, 0.1) is 25.7 Å². The molecule has 4 nitrogen and oxygen atoms in total. The standard InChI is InChI=1S/C16H20F2N2O2/c1-19-6-11-7-20(8-14(19)10-22-9-11)16(21)5-12-4-13(17)2-3-15(12)18/h2-4,11,14H,5-10H2,1H3/t11-,14+/m1/s1. The quantitative estimate of drug-likeness (QED) is 0.825. The number of likely N-dealkylation sites (N-methyl/N-ethyl adjacent to an activating group) is 1. The summed E-state index contributed by atoms with van der Waals surface area (Å²) in [5.41, 5.74) is 0.115. The number of hydrogen-bond donors (Lipinski definition) is 0. The van der Waals surface area contributed by atoms with Crippen LogP contribution >= 0.6 is 0 Å². The van der Waals surface area contributed by atoms with Crippen molar-refractivity contribution >= 4 is 5.91 Å². The lowest BCUT2D eigenvalue weighted by Crippen LogP contribution is -2.45. The second-order valence-electron chi connectivity index (χ2n) is 6.21. The fourth-order valence-corrected chi connectivity index (χ4v) is 3.21. The average molecular weight is 310 g/mol. The van der Waals surface area contributed by atoms with Crippen molar-refractivity contribution in [2.24, 2.45) is 5.92 Å². The van der Waals surface area contributed by atoms with Crippen LogP contribution in [-0.2, 0) is 16.0 Å². The first-order chi connectivity index (χ1) is 10.5. The maximum absolute atomic E-state index is 13.7. The van der Waals surface area contributed by atoms with Crippen molar-refractivity contribution in [2.45, 2.75) is 12.5 Å². The lowest BCUT2D eigenvalue weighted by atomic mass is 10.1. The number of benzene rings is 1. The highest BCUT2D eigenvalue weighted by Crippen LogP contribution is 2.20. The van der Waals surface area contributed by atoms with Crippen molar-refractivity contribution in [1.29, 1.82) is 0 Å². The maximum Gasteiger partial charge on any atom is 0.227 e. The minimum atomic E-state index is -0.537. The van der Waals surface area contributed by atoms with E-state index >= 15 is 0 Å². The Morgan fingerprint density at radius 3 is 2.91 bits per heavy atom. The Kier molecular flexibility index (Phi) is 4.40. The van der Waals surface area contributed by atoms with Crippen molar-refractivity contribution in [3.8, 4) is 0 Å². The van der Waals surface area contributed by atoms with Crippen LogP contribution < -0.4 is 0 Å². The molecule has 2 aliphatic heterocycles. The van der Waals surface area contributed by atoms with Gasteiger partial charge in [-0.1, -0.05) is 0 Å². The Bertz CT molecular complexity index is 567. The maximum atomic E-state index is 13.7. The van der Waals surface area contributed by atoms with Crippen molar-refractivity contribution in [3.63, 3.8) is 0 Å². The molecule has 6 heteroatoms. The normalized spacial score (nSPS) is 25.9. The number of nitrogens with zero attached hydrogens (tertiary/aromatic N) is 2. The number of rotatable bonds is 2. The van der Waals surface area contributed by atoms with Gasteiger partial charge in [-0.3, -0.25) is 9.69 Å². The summed E-state index contributed by atoms with van der Waals surface area (Å²) >= 11 is 0. The molecule has 0 aliphatic carbocycles. The minimum absolute atomic E-state index is 0.104. The van der Waals surface area contributed by atoms with Crippen molar-refractivity contribution in [3.05, 3.63) is 35.4 Å². The number of halogens is 2.